The molecule has 0 spiro atoms. The number of hydrogen-bond acceptors (Lipinski definition) is 2. The van der Waals surface area contributed by atoms with Crippen molar-refractivity contribution in [3.05, 3.63) is 130 Å². The molecule has 2 bridgehead atoms. The maximum atomic E-state index is 11.9. The van der Waals surface area contributed by atoms with E-state index in [1.165, 1.54) is 12.2 Å². The molecule has 0 aromatic rings. The Balaban J connectivity index is 2.35. The van der Waals surface area contributed by atoms with E-state index in [2.05, 4.69) is 11.5 Å². The first-order valence-electron chi connectivity index (χ1n) is 8.81. The van der Waals surface area contributed by atoms with E-state index in [1.807, 2.05) is 60.8 Å². The lowest BCUT2D eigenvalue weighted by Crippen LogP contribution is -1.91. The lowest BCUT2D eigenvalue weighted by atomic mass is 10.0. The highest BCUT2D eigenvalue weighted by Gasteiger charge is 2.02. The van der Waals surface area contributed by atoms with Crippen LogP contribution in [-0.4, -0.2) is 11.6 Å². The van der Waals surface area contributed by atoms with Gasteiger partial charge in [-0.1, -0.05) is 108 Å². The van der Waals surface area contributed by atoms with Crippen molar-refractivity contribution in [2.75, 3.05) is 0 Å². The summed E-state index contributed by atoms with van der Waals surface area (Å²) in [4.78, 5) is 23.8. The van der Waals surface area contributed by atoms with Gasteiger partial charge >= 0.3 is 0 Å². The van der Waals surface area contributed by atoms with E-state index in [0.29, 0.717) is 0 Å². The second kappa shape index (κ2) is 12.4. The molecule has 0 saturated carbocycles. The zero-order valence-corrected chi connectivity index (χ0v) is 17.0. The molecular formula is C25H18Cl2O2. The van der Waals surface area contributed by atoms with E-state index in [4.69, 9.17) is 23.2 Å². The highest BCUT2D eigenvalue weighted by atomic mass is 35.5. The summed E-state index contributed by atoms with van der Waals surface area (Å²) in [7, 11) is 0. The van der Waals surface area contributed by atoms with Crippen LogP contribution in [0.3, 0.4) is 0 Å². The monoisotopic (exact) mass is 420 g/mol. The standard InChI is InChI=1S/C25H18Cl2O2/c26-22-17-18-23(27)25(29)16-8-4-2-6-12-21-14-10-9-13-20(19-21)11-5-1-3-7-15-24(22)28/h1-16H,19H2/b3-1+,4-2+,11-5+,12-6+,15-7+,16-8+,23-22?. The van der Waals surface area contributed by atoms with Gasteiger partial charge in [-0.2, -0.15) is 0 Å². The Kier molecular flexibility index (Phi) is 9.45. The molecule has 29 heavy (non-hydrogen) atoms. The third kappa shape index (κ3) is 8.62. The molecule has 0 radical (unpaired) electrons. The van der Waals surface area contributed by atoms with Crippen LogP contribution in [0.2, 0.25) is 0 Å². The Morgan fingerprint density at radius 2 is 0.931 bits per heavy atom. The van der Waals surface area contributed by atoms with Gasteiger partial charge in [0, 0.05) is 0 Å². The first-order chi connectivity index (χ1) is 14.1. The highest BCUT2D eigenvalue weighted by Crippen LogP contribution is 2.17. The zero-order chi connectivity index (χ0) is 20.9. The Morgan fingerprint density at radius 3 is 1.34 bits per heavy atom. The summed E-state index contributed by atoms with van der Waals surface area (Å²) in [6.45, 7) is 0. The van der Waals surface area contributed by atoms with E-state index in [1.54, 1.807) is 24.3 Å². The number of carbonyl (C=O) groups excluding carboxylic acids is 2. The van der Waals surface area contributed by atoms with Crippen LogP contribution in [0.5, 0.6) is 0 Å². The van der Waals surface area contributed by atoms with Crippen LogP contribution in [-0.2, 0) is 9.59 Å². The predicted octanol–water partition coefficient (Wildman–Crippen LogP) is 6.29. The van der Waals surface area contributed by atoms with Gasteiger partial charge in [0.2, 0.25) is 11.6 Å². The van der Waals surface area contributed by atoms with Gasteiger partial charge in [-0.05, 0) is 41.2 Å². The summed E-state index contributed by atoms with van der Waals surface area (Å²) in [5, 5.41) is -0.434. The fourth-order valence-corrected chi connectivity index (χ4v) is 2.44. The minimum Gasteiger partial charge on any atom is -0.288 e. The van der Waals surface area contributed by atoms with E-state index >= 15 is 0 Å². The number of carbonyl (C=O) groups is 2. The molecule has 0 heterocycles. The minimum absolute atomic E-state index is 0.217. The molecule has 0 atom stereocenters. The quantitative estimate of drug-likeness (QED) is 0.431. The minimum atomic E-state index is -0.466. The molecule has 0 N–H and O–H groups in total. The smallest absolute Gasteiger partial charge is 0.205 e. The van der Waals surface area contributed by atoms with Gasteiger partial charge in [-0.25, -0.2) is 0 Å². The summed E-state index contributed by atoms with van der Waals surface area (Å²) in [5.41, 5.74) is 7.09. The number of hydrogen-bond donors (Lipinski definition) is 0. The lowest BCUT2D eigenvalue weighted by Gasteiger charge is -2.00. The second-order valence-electron chi connectivity index (χ2n) is 5.86. The van der Waals surface area contributed by atoms with E-state index in [9.17, 15) is 9.59 Å². The molecule has 2 aliphatic carbocycles. The van der Waals surface area contributed by atoms with Gasteiger partial charge in [0.05, 0.1) is 0 Å². The van der Waals surface area contributed by atoms with Crippen molar-refractivity contribution < 1.29 is 9.59 Å². The molecule has 2 nitrogen and oxygen atoms in total. The van der Waals surface area contributed by atoms with Crippen molar-refractivity contribution in [3.8, 4) is 0 Å². The summed E-state index contributed by atoms with van der Waals surface area (Å²) in [6.07, 6.45) is 29.5. The van der Waals surface area contributed by atoms with Gasteiger partial charge in [-0.15, -0.1) is 0 Å². The topological polar surface area (TPSA) is 34.1 Å². The van der Waals surface area contributed by atoms with Crippen LogP contribution in [0.25, 0.3) is 0 Å². The molecular weight excluding hydrogens is 403 g/mol. The Bertz CT molecular complexity index is 956. The fraction of sp³-hybridized carbons (Fsp3) is 0.0400. The largest absolute Gasteiger partial charge is 0.288 e. The van der Waals surface area contributed by atoms with Crippen molar-refractivity contribution >= 4 is 34.8 Å². The number of ketones is 2. The molecule has 2 aliphatic rings. The van der Waals surface area contributed by atoms with Gasteiger partial charge in [-0.3, -0.25) is 9.59 Å². The Labute approximate surface area is 180 Å². The maximum absolute atomic E-state index is 11.9. The first-order valence-corrected chi connectivity index (χ1v) is 9.56. The van der Waals surface area contributed by atoms with Crippen LogP contribution in [0.4, 0.5) is 0 Å². The zero-order valence-electron chi connectivity index (χ0n) is 15.5. The molecule has 0 aliphatic heterocycles. The van der Waals surface area contributed by atoms with Gasteiger partial charge in [0.15, 0.2) is 0 Å². The molecule has 0 aromatic heterocycles. The predicted molar refractivity (Wildman–Crippen MR) is 121 cm³/mol. The normalized spacial score (nSPS) is 24.6. The van der Waals surface area contributed by atoms with Gasteiger partial charge < -0.3 is 0 Å². The lowest BCUT2D eigenvalue weighted by molar-refractivity contribution is -0.111. The van der Waals surface area contributed by atoms with E-state index < -0.39 is 11.6 Å². The molecule has 0 fully saturated rings. The van der Waals surface area contributed by atoms with E-state index in [-0.39, 0.29) is 10.1 Å². The van der Waals surface area contributed by atoms with Crippen LogP contribution >= 0.6 is 23.2 Å². The average molecular weight is 421 g/mol. The summed E-state index contributed by atoms with van der Waals surface area (Å²) in [5.74, 6) is -0.932. The summed E-state index contributed by atoms with van der Waals surface area (Å²) < 4.78 is 0. The van der Waals surface area contributed by atoms with Crippen molar-refractivity contribution in [1.82, 2.24) is 0 Å². The van der Waals surface area contributed by atoms with Gasteiger partial charge in [0.25, 0.3) is 0 Å². The van der Waals surface area contributed by atoms with Crippen molar-refractivity contribution in [2.24, 2.45) is 0 Å². The molecule has 0 saturated heterocycles. The SMILES string of the molecule is O=C1/C=C/C=C/C=C/C2=CC=CC=C(/C=C/C=C/C=C/C(=O)C(Cl)=C=C=C1Cl)C2. The first kappa shape index (κ1) is 22.2. The summed E-state index contributed by atoms with van der Waals surface area (Å²) in [6, 6.07) is 0. The van der Waals surface area contributed by atoms with Crippen LogP contribution in [0.1, 0.15) is 6.42 Å². The van der Waals surface area contributed by atoms with Crippen molar-refractivity contribution in [2.45, 2.75) is 6.42 Å². The molecule has 4 heteroatoms. The molecule has 0 unspecified atom stereocenters. The second-order valence-corrected chi connectivity index (χ2v) is 6.61. The van der Waals surface area contributed by atoms with Crippen LogP contribution in [0.15, 0.2) is 130 Å². The Hall–Kier alpha value is -3.12. The molecule has 144 valence electrons. The third-order valence-corrected chi connectivity index (χ3v) is 4.20. The third-order valence-electron chi connectivity index (χ3n) is 3.64. The van der Waals surface area contributed by atoms with Crippen molar-refractivity contribution in [1.29, 1.82) is 0 Å². The fourth-order valence-electron chi connectivity index (χ4n) is 2.22. The van der Waals surface area contributed by atoms with Crippen LogP contribution < -0.4 is 0 Å². The van der Waals surface area contributed by atoms with Gasteiger partial charge in [0.1, 0.15) is 10.1 Å². The van der Waals surface area contributed by atoms with Crippen LogP contribution in [0, 0.1) is 0 Å². The summed E-state index contributed by atoms with van der Waals surface area (Å²) >= 11 is 11.7. The average Bonchev–Trinajstić information content (AvgIpc) is 2.95. The molecule has 0 amide bonds. The number of fused-ring (bicyclic) bond motifs is 2. The van der Waals surface area contributed by atoms with Crippen molar-refractivity contribution in [3.63, 3.8) is 0 Å². The number of halogens is 2. The number of allylic oxidation sites excluding steroid dienone is 20. The highest BCUT2D eigenvalue weighted by molar-refractivity contribution is 6.45. The number of rotatable bonds is 0. The molecule has 2 rings (SSSR count). The Morgan fingerprint density at radius 1 is 0.552 bits per heavy atom. The molecule has 0 aromatic carbocycles. The maximum Gasteiger partial charge on any atom is 0.205 e. The van der Waals surface area contributed by atoms with E-state index in [0.717, 1.165) is 17.6 Å².